The zero-order valence-corrected chi connectivity index (χ0v) is 14.6. The standard InChI is InChI=1S/C19H26N2O3/c1-4-12(5-2)11-21-9-8-14-15-10-13(24-3)6-7-16(15)20-17(14)18(21)19(22)23/h6-7,10,12,18,20H,4-5,8-9,11H2,1-3H3,(H,22,23)/p-1. The Morgan fingerprint density at radius 2 is 2.17 bits per heavy atom. The van der Waals surface area contributed by atoms with Crippen molar-refractivity contribution in [1.29, 1.82) is 0 Å². The first kappa shape index (κ1) is 16.8. The number of benzene rings is 1. The maximum absolute atomic E-state index is 11.9. The molecule has 1 aliphatic heterocycles. The van der Waals surface area contributed by atoms with E-state index in [1.807, 2.05) is 18.2 Å². The van der Waals surface area contributed by atoms with E-state index in [1.54, 1.807) is 7.11 Å². The van der Waals surface area contributed by atoms with Crippen LogP contribution in [0.3, 0.4) is 0 Å². The van der Waals surface area contributed by atoms with Crippen molar-refractivity contribution >= 4 is 16.9 Å². The van der Waals surface area contributed by atoms with Gasteiger partial charge in [-0.05, 0) is 36.1 Å². The van der Waals surface area contributed by atoms with Gasteiger partial charge in [-0.25, -0.2) is 0 Å². The minimum atomic E-state index is -1.03. The molecule has 1 atom stereocenters. The number of carboxylic acids is 1. The van der Waals surface area contributed by atoms with E-state index in [2.05, 4.69) is 23.7 Å². The number of nitrogens with zero attached hydrogens (tertiary/aromatic N) is 1. The van der Waals surface area contributed by atoms with Gasteiger partial charge in [-0.1, -0.05) is 26.7 Å². The summed E-state index contributed by atoms with van der Waals surface area (Å²) in [6.45, 7) is 5.86. The van der Waals surface area contributed by atoms with Crippen molar-refractivity contribution in [3.05, 3.63) is 29.5 Å². The minimum Gasteiger partial charge on any atom is -0.548 e. The van der Waals surface area contributed by atoms with E-state index >= 15 is 0 Å². The van der Waals surface area contributed by atoms with Gasteiger partial charge in [0.1, 0.15) is 5.75 Å². The van der Waals surface area contributed by atoms with E-state index in [9.17, 15) is 9.90 Å². The number of hydrogen-bond acceptors (Lipinski definition) is 4. The van der Waals surface area contributed by atoms with E-state index in [1.165, 1.54) is 0 Å². The Morgan fingerprint density at radius 3 is 2.79 bits per heavy atom. The number of hydrogen-bond donors (Lipinski definition) is 1. The normalized spacial score (nSPS) is 18.1. The van der Waals surface area contributed by atoms with Gasteiger partial charge < -0.3 is 19.6 Å². The molecule has 3 rings (SSSR count). The predicted molar refractivity (Wildman–Crippen MR) is 91.9 cm³/mol. The number of aromatic nitrogens is 1. The molecule has 130 valence electrons. The Labute approximate surface area is 142 Å². The molecule has 0 radical (unpaired) electrons. The lowest BCUT2D eigenvalue weighted by Crippen LogP contribution is -2.47. The molecular weight excluding hydrogens is 304 g/mol. The summed E-state index contributed by atoms with van der Waals surface area (Å²) in [6.07, 6.45) is 2.96. The largest absolute Gasteiger partial charge is 0.548 e. The second kappa shape index (κ2) is 6.85. The fourth-order valence-corrected chi connectivity index (χ4v) is 3.79. The van der Waals surface area contributed by atoms with Crippen molar-refractivity contribution in [3.8, 4) is 5.75 Å². The summed E-state index contributed by atoms with van der Waals surface area (Å²) in [5.74, 6) is 0.270. The van der Waals surface area contributed by atoms with Crippen LogP contribution in [0.5, 0.6) is 5.75 Å². The summed E-state index contributed by atoms with van der Waals surface area (Å²) in [5.41, 5.74) is 2.81. The van der Waals surface area contributed by atoms with Gasteiger partial charge in [-0.3, -0.25) is 4.90 Å². The van der Waals surface area contributed by atoms with Gasteiger partial charge >= 0.3 is 0 Å². The number of ether oxygens (including phenoxy) is 1. The number of carbonyl (C=O) groups excluding carboxylic acids is 1. The Kier molecular flexibility index (Phi) is 4.81. The molecule has 5 heteroatoms. The molecule has 24 heavy (non-hydrogen) atoms. The topological polar surface area (TPSA) is 68.4 Å². The summed E-state index contributed by atoms with van der Waals surface area (Å²) in [6, 6.07) is 5.12. The summed E-state index contributed by atoms with van der Waals surface area (Å²) in [4.78, 5) is 17.3. The summed E-state index contributed by atoms with van der Waals surface area (Å²) < 4.78 is 5.31. The molecular formula is C19H25N2O3-. The molecule has 0 aliphatic carbocycles. The average Bonchev–Trinajstić information content (AvgIpc) is 2.96. The second-order valence-corrected chi connectivity index (χ2v) is 6.58. The smallest absolute Gasteiger partial charge is 0.119 e. The molecule has 0 fully saturated rings. The number of rotatable bonds is 6. The summed E-state index contributed by atoms with van der Waals surface area (Å²) >= 11 is 0. The highest BCUT2D eigenvalue weighted by molar-refractivity contribution is 5.88. The highest BCUT2D eigenvalue weighted by Gasteiger charge is 2.32. The van der Waals surface area contributed by atoms with E-state index < -0.39 is 12.0 Å². The number of aliphatic carboxylic acids is 1. The van der Waals surface area contributed by atoms with Crippen LogP contribution in [0.2, 0.25) is 0 Å². The lowest BCUT2D eigenvalue weighted by molar-refractivity contribution is -0.313. The molecule has 2 heterocycles. The van der Waals surface area contributed by atoms with Gasteiger partial charge in [-0.15, -0.1) is 0 Å². The Hall–Kier alpha value is -2.01. The summed E-state index contributed by atoms with van der Waals surface area (Å²) in [5, 5.41) is 12.9. The maximum atomic E-state index is 11.9. The fourth-order valence-electron chi connectivity index (χ4n) is 3.79. The van der Waals surface area contributed by atoms with Crippen molar-refractivity contribution in [2.75, 3.05) is 20.2 Å². The third-order valence-electron chi connectivity index (χ3n) is 5.30. The molecule has 1 N–H and O–H groups in total. The minimum absolute atomic E-state index is 0.512. The van der Waals surface area contributed by atoms with Gasteiger partial charge in [0.25, 0.3) is 0 Å². The fraction of sp³-hybridized carbons (Fsp3) is 0.526. The molecule has 0 amide bonds. The Balaban J connectivity index is 2.01. The molecule has 0 spiro atoms. The number of carbonyl (C=O) groups is 1. The Bertz CT molecular complexity index is 734. The lowest BCUT2D eigenvalue weighted by Gasteiger charge is -2.38. The molecule has 2 aromatic rings. The van der Waals surface area contributed by atoms with Gasteiger partial charge in [0.05, 0.1) is 19.1 Å². The van der Waals surface area contributed by atoms with Crippen LogP contribution in [0, 0.1) is 5.92 Å². The number of methoxy groups -OCH3 is 1. The van der Waals surface area contributed by atoms with Gasteiger partial charge in [0.15, 0.2) is 0 Å². The number of nitrogens with one attached hydrogen (secondary N) is 1. The Morgan fingerprint density at radius 1 is 1.42 bits per heavy atom. The molecule has 1 aromatic carbocycles. The zero-order valence-electron chi connectivity index (χ0n) is 14.6. The van der Waals surface area contributed by atoms with Crippen molar-refractivity contribution in [1.82, 2.24) is 9.88 Å². The molecule has 0 saturated carbocycles. The highest BCUT2D eigenvalue weighted by Crippen LogP contribution is 2.36. The molecule has 0 bridgehead atoms. The highest BCUT2D eigenvalue weighted by atomic mass is 16.5. The van der Waals surface area contributed by atoms with Gasteiger partial charge in [0.2, 0.25) is 0 Å². The van der Waals surface area contributed by atoms with Crippen molar-refractivity contribution in [3.63, 3.8) is 0 Å². The lowest BCUT2D eigenvalue weighted by atomic mass is 9.94. The second-order valence-electron chi connectivity index (χ2n) is 6.58. The molecule has 1 unspecified atom stereocenters. The third-order valence-corrected chi connectivity index (χ3v) is 5.30. The van der Waals surface area contributed by atoms with Gasteiger partial charge in [0, 0.05) is 29.7 Å². The molecule has 1 aliphatic rings. The first-order valence-electron chi connectivity index (χ1n) is 8.72. The van der Waals surface area contributed by atoms with Crippen molar-refractivity contribution in [2.45, 2.75) is 39.2 Å². The van der Waals surface area contributed by atoms with Crippen LogP contribution in [0.1, 0.15) is 44.0 Å². The average molecular weight is 329 g/mol. The van der Waals surface area contributed by atoms with Crippen LogP contribution in [-0.4, -0.2) is 36.1 Å². The van der Waals surface area contributed by atoms with Crippen LogP contribution >= 0.6 is 0 Å². The van der Waals surface area contributed by atoms with Crippen LogP contribution in [-0.2, 0) is 11.2 Å². The first-order chi connectivity index (χ1) is 11.6. The van der Waals surface area contributed by atoms with Crippen molar-refractivity contribution in [2.24, 2.45) is 5.92 Å². The molecule has 5 nitrogen and oxygen atoms in total. The maximum Gasteiger partial charge on any atom is 0.119 e. The van der Waals surface area contributed by atoms with Crippen molar-refractivity contribution < 1.29 is 14.6 Å². The number of carboxylic acid groups (broad SMARTS) is 1. The predicted octanol–water partition coefficient (Wildman–Crippen LogP) is 2.26. The third kappa shape index (κ3) is 2.88. The van der Waals surface area contributed by atoms with E-state index in [-0.39, 0.29) is 0 Å². The number of fused-ring (bicyclic) bond motifs is 3. The van der Waals surface area contributed by atoms with Crippen LogP contribution in [0.4, 0.5) is 0 Å². The zero-order chi connectivity index (χ0) is 17.3. The molecule has 1 aromatic heterocycles. The van der Waals surface area contributed by atoms with E-state index in [4.69, 9.17) is 4.74 Å². The van der Waals surface area contributed by atoms with Gasteiger partial charge in [-0.2, -0.15) is 0 Å². The monoisotopic (exact) mass is 329 g/mol. The van der Waals surface area contributed by atoms with Crippen LogP contribution in [0.15, 0.2) is 18.2 Å². The first-order valence-corrected chi connectivity index (χ1v) is 8.72. The number of aromatic amines is 1. The summed E-state index contributed by atoms with van der Waals surface area (Å²) in [7, 11) is 1.64. The quantitative estimate of drug-likeness (QED) is 0.883. The SMILES string of the molecule is CCC(CC)CN1CCc2c([nH]c3ccc(OC)cc23)C1C(=O)[O-]. The van der Waals surface area contributed by atoms with E-state index in [0.29, 0.717) is 5.92 Å². The molecule has 0 saturated heterocycles. The van der Waals surface area contributed by atoms with E-state index in [0.717, 1.165) is 60.3 Å². The van der Waals surface area contributed by atoms with Crippen LogP contribution < -0.4 is 9.84 Å². The van der Waals surface area contributed by atoms with Crippen LogP contribution in [0.25, 0.3) is 10.9 Å². The number of H-pyrrole nitrogens is 1.